The summed E-state index contributed by atoms with van der Waals surface area (Å²) in [5.41, 5.74) is 0. The van der Waals surface area contributed by atoms with E-state index in [-0.39, 0.29) is 12.6 Å². The smallest absolute Gasteiger partial charge is 0.323 e. The molecule has 2 amide bonds. The van der Waals surface area contributed by atoms with E-state index in [1.165, 1.54) is 4.90 Å². The molecule has 0 aliphatic carbocycles. The lowest BCUT2D eigenvalue weighted by Gasteiger charge is -2.20. The van der Waals surface area contributed by atoms with Gasteiger partial charge in [-0.05, 0) is 12.5 Å². The van der Waals surface area contributed by atoms with Crippen molar-refractivity contribution in [3.05, 3.63) is 18.5 Å². The summed E-state index contributed by atoms with van der Waals surface area (Å²) in [5.74, 6) is -1.01. The lowest BCUT2D eigenvalue weighted by molar-refractivity contribution is -0.137. The van der Waals surface area contributed by atoms with Gasteiger partial charge in [-0.2, -0.15) is 5.10 Å². The molecule has 2 N–H and O–H groups in total. The molecule has 0 bridgehead atoms. The predicted octanol–water partition coefficient (Wildman–Crippen LogP) is 0.389. The number of carbonyl (C=O) groups is 2. The largest absolute Gasteiger partial charge is 0.480 e. The molecule has 0 aliphatic rings. The van der Waals surface area contributed by atoms with E-state index < -0.39 is 5.97 Å². The lowest BCUT2D eigenvalue weighted by atomic mass is 10.4. The van der Waals surface area contributed by atoms with E-state index in [2.05, 4.69) is 10.4 Å². The van der Waals surface area contributed by atoms with E-state index in [0.717, 1.165) is 6.42 Å². The molecule has 1 aromatic rings. The van der Waals surface area contributed by atoms with Crippen molar-refractivity contribution >= 4 is 12.0 Å². The summed E-state index contributed by atoms with van der Waals surface area (Å²) < 4.78 is 1.70. The van der Waals surface area contributed by atoms with Crippen LogP contribution in [0.5, 0.6) is 0 Å². The van der Waals surface area contributed by atoms with Gasteiger partial charge >= 0.3 is 12.0 Å². The van der Waals surface area contributed by atoms with Gasteiger partial charge < -0.3 is 15.3 Å². The van der Waals surface area contributed by atoms with Crippen molar-refractivity contribution in [2.45, 2.75) is 19.9 Å². The first kappa shape index (κ1) is 14.0. The Morgan fingerprint density at radius 1 is 1.50 bits per heavy atom. The molecular weight excluding hydrogens is 236 g/mol. The molecule has 7 heteroatoms. The van der Waals surface area contributed by atoms with Crippen LogP contribution in [0.15, 0.2) is 18.5 Å². The second-order valence-electron chi connectivity index (χ2n) is 3.82. The molecule has 0 aromatic carbocycles. The lowest BCUT2D eigenvalue weighted by Crippen LogP contribution is -2.44. The molecule has 18 heavy (non-hydrogen) atoms. The Morgan fingerprint density at radius 2 is 2.28 bits per heavy atom. The van der Waals surface area contributed by atoms with Crippen LogP contribution in [0.3, 0.4) is 0 Å². The van der Waals surface area contributed by atoms with Gasteiger partial charge in [0.2, 0.25) is 0 Å². The first-order chi connectivity index (χ1) is 8.63. The molecule has 0 unspecified atom stereocenters. The molecule has 100 valence electrons. The van der Waals surface area contributed by atoms with E-state index in [4.69, 9.17) is 5.11 Å². The zero-order valence-electron chi connectivity index (χ0n) is 10.4. The van der Waals surface area contributed by atoms with Crippen molar-refractivity contribution in [2.24, 2.45) is 0 Å². The van der Waals surface area contributed by atoms with Gasteiger partial charge in [0, 0.05) is 25.5 Å². The number of hydrogen-bond donors (Lipinski definition) is 2. The van der Waals surface area contributed by atoms with Gasteiger partial charge in [-0.15, -0.1) is 0 Å². The molecule has 7 nitrogen and oxygen atoms in total. The number of urea groups is 1. The highest BCUT2D eigenvalue weighted by molar-refractivity contribution is 5.79. The van der Waals surface area contributed by atoms with E-state index >= 15 is 0 Å². The minimum Gasteiger partial charge on any atom is -0.480 e. The fraction of sp³-hybridized carbons (Fsp3) is 0.545. The zero-order chi connectivity index (χ0) is 13.4. The van der Waals surface area contributed by atoms with Crippen molar-refractivity contribution in [2.75, 3.05) is 19.6 Å². The average molecular weight is 254 g/mol. The van der Waals surface area contributed by atoms with Gasteiger partial charge in [-0.1, -0.05) is 6.92 Å². The van der Waals surface area contributed by atoms with Crippen LogP contribution in [0.4, 0.5) is 4.79 Å². The molecule has 0 spiro atoms. The Labute approximate surface area is 105 Å². The number of amides is 2. The van der Waals surface area contributed by atoms with Crippen LogP contribution in [0.1, 0.15) is 13.3 Å². The molecule has 0 fully saturated rings. The highest BCUT2D eigenvalue weighted by atomic mass is 16.4. The third-order valence-corrected chi connectivity index (χ3v) is 2.28. The summed E-state index contributed by atoms with van der Waals surface area (Å²) in [6, 6.07) is 1.45. The van der Waals surface area contributed by atoms with Gasteiger partial charge in [-0.25, -0.2) is 4.79 Å². The summed E-state index contributed by atoms with van der Waals surface area (Å²) in [4.78, 5) is 23.6. The predicted molar refractivity (Wildman–Crippen MR) is 65.1 cm³/mol. The number of nitrogens with zero attached hydrogens (tertiary/aromatic N) is 3. The second kappa shape index (κ2) is 7.31. The van der Waals surface area contributed by atoms with E-state index in [0.29, 0.717) is 19.6 Å². The van der Waals surface area contributed by atoms with E-state index in [1.54, 1.807) is 23.1 Å². The van der Waals surface area contributed by atoms with Gasteiger partial charge in [0.1, 0.15) is 6.54 Å². The molecule has 0 aliphatic heterocycles. The average Bonchev–Trinajstić information content (AvgIpc) is 2.81. The van der Waals surface area contributed by atoms with Crippen molar-refractivity contribution in [3.63, 3.8) is 0 Å². The third-order valence-electron chi connectivity index (χ3n) is 2.28. The number of rotatable bonds is 7. The summed E-state index contributed by atoms with van der Waals surface area (Å²) in [6.07, 6.45) is 4.18. The number of aliphatic carboxylic acids is 1. The second-order valence-corrected chi connectivity index (χ2v) is 3.82. The van der Waals surface area contributed by atoms with Crippen LogP contribution in [-0.4, -0.2) is 51.4 Å². The fourth-order valence-electron chi connectivity index (χ4n) is 1.51. The number of hydrogen-bond acceptors (Lipinski definition) is 3. The van der Waals surface area contributed by atoms with E-state index in [1.807, 2.05) is 6.92 Å². The summed E-state index contributed by atoms with van der Waals surface area (Å²) in [5, 5.41) is 15.4. The molecule has 1 rings (SSSR count). The molecule has 0 radical (unpaired) electrons. The normalized spacial score (nSPS) is 10.1. The van der Waals surface area contributed by atoms with Crippen LogP contribution in [-0.2, 0) is 11.3 Å². The quantitative estimate of drug-likeness (QED) is 0.736. The van der Waals surface area contributed by atoms with Crippen LogP contribution in [0, 0.1) is 0 Å². The first-order valence-corrected chi connectivity index (χ1v) is 5.85. The number of carbonyl (C=O) groups excluding carboxylic acids is 1. The van der Waals surface area contributed by atoms with Crippen LogP contribution >= 0.6 is 0 Å². The number of carboxylic acid groups (broad SMARTS) is 1. The number of nitrogens with one attached hydrogen (secondary N) is 1. The zero-order valence-corrected chi connectivity index (χ0v) is 10.4. The summed E-state index contributed by atoms with van der Waals surface area (Å²) >= 11 is 0. The van der Waals surface area contributed by atoms with Crippen LogP contribution in [0.25, 0.3) is 0 Å². The Morgan fingerprint density at radius 3 is 2.83 bits per heavy atom. The Bertz CT molecular complexity index is 378. The Kier molecular flexibility index (Phi) is 5.69. The highest BCUT2D eigenvalue weighted by Crippen LogP contribution is 1.93. The highest BCUT2D eigenvalue weighted by Gasteiger charge is 2.14. The number of carboxylic acids is 1. The van der Waals surface area contributed by atoms with Gasteiger partial charge in [-0.3, -0.25) is 9.48 Å². The monoisotopic (exact) mass is 254 g/mol. The molecule has 1 aromatic heterocycles. The minimum absolute atomic E-state index is 0.276. The maximum atomic E-state index is 11.7. The summed E-state index contributed by atoms with van der Waals surface area (Å²) in [7, 11) is 0. The minimum atomic E-state index is -1.01. The molecule has 0 saturated heterocycles. The fourth-order valence-corrected chi connectivity index (χ4v) is 1.51. The van der Waals surface area contributed by atoms with Crippen molar-refractivity contribution in [3.8, 4) is 0 Å². The standard InChI is InChI=1S/C11H18N4O3/c1-2-6-14(9-10(16)17)11(18)12-5-8-15-7-3-4-13-15/h3-4,7H,2,5-6,8-9H2,1H3,(H,12,18)(H,16,17). The summed E-state index contributed by atoms with van der Waals surface area (Å²) in [6.45, 7) is 3.03. The third kappa shape index (κ3) is 4.86. The Hall–Kier alpha value is -2.05. The van der Waals surface area contributed by atoms with Crippen LogP contribution in [0.2, 0.25) is 0 Å². The van der Waals surface area contributed by atoms with Crippen LogP contribution < -0.4 is 5.32 Å². The van der Waals surface area contributed by atoms with Gasteiger partial charge in [0.05, 0.1) is 6.54 Å². The van der Waals surface area contributed by atoms with Gasteiger partial charge in [0.15, 0.2) is 0 Å². The Balaban J connectivity index is 2.34. The SMILES string of the molecule is CCCN(CC(=O)O)C(=O)NCCn1cccn1. The molecule has 0 atom stereocenters. The molecule has 1 heterocycles. The van der Waals surface area contributed by atoms with Crippen molar-refractivity contribution in [1.82, 2.24) is 20.0 Å². The van der Waals surface area contributed by atoms with Crippen molar-refractivity contribution in [1.29, 1.82) is 0 Å². The molecule has 0 saturated carbocycles. The maximum absolute atomic E-state index is 11.7. The molecular formula is C11H18N4O3. The van der Waals surface area contributed by atoms with E-state index in [9.17, 15) is 9.59 Å². The topological polar surface area (TPSA) is 87.5 Å². The maximum Gasteiger partial charge on any atom is 0.323 e. The number of aromatic nitrogens is 2. The van der Waals surface area contributed by atoms with Crippen molar-refractivity contribution < 1.29 is 14.7 Å². The first-order valence-electron chi connectivity index (χ1n) is 5.85. The van der Waals surface area contributed by atoms with Gasteiger partial charge in [0.25, 0.3) is 0 Å².